The molecule has 2 aliphatic rings. The van der Waals surface area contributed by atoms with Gasteiger partial charge in [-0.3, -0.25) is 4.79 Å². The van der Waals surface area contributed by atoms with Crippen molar-refractivity contribution in [1.29, 1.82) is 0 Å². The van der Waals surface area contributed by atoms with Crippen molar-refractivity contribution in [3.8, 4) is 0 Å². The topological polar surface area (TPSA) is 49.6 Å². The summed E-state index contributed by atoms with van der Waals surface area (Å²) in [5, 5.41) is 0. The van der Waals surface area contributed by atoms with Crippen molar-refractivity contribution in [2.24, 2.45) is 11.7 Å². The van der Waals surface area contributed by atoms with E-state index in [0.29, 0.717) is 18.2 Å². The summed E-state index contributed by atoms with van der Waals surface area (Å²) >= 11 is 0. The molecule has 2 N–H and O–H groups in total. The van der Waals surface area contributed by atoms with Gasteiger partial charge in [0.15, 0.2) is 0 Å². The van der Waals surface area contributed by atoms with Crippen LogP contribution >= 0.6 is 12.4 Å². The molecule has 1 aliphatic heterocycles. The minimum Gasteiger partial charge on any atom is -0.341 e. The Kier molecular flexibility index (Phi) is 7.11. The van der Waals surface area contributed by atoms with Gasteiger partial charge in [0, 0.05) is 32.1 Å². The third-order valence-corrected chi connectivity index (χ3v) is 4.48. The van der Waals surface area contributed by atoms with Crippen molar-refractivity contribution in [2.75, 3.05) is 33.2 Å². The molecular formula is C14H28ClN3O. The lowest BCUT2D eigenvalue weighted by Gasteiger charge is -2.30. The Bertz CT molecular complexity index is 288. The van der Waals surface area contributed by atoms with Crippen LogP contribution in [-0.2, 0) is 4.79 Å². The monoisotopic (exact) mass is 289 g/mol. The van der Waals surface area contributed by atoms with E-state index in [2.05, 4.69) is 11.9 Å². The smallest absolute Gasteiger partial charge is 0.222 e. The molecule has 1 aliphatic carbocycles. The first kappa shape index (κ1) is 16.7. The predicted octanol–water partition coefficient (Wildman–Crippen LogP) is 1.48. The third kappa shape index (κ3) is 4.93. The molecule has 2 fully saturated rings. The normalized spacial score (nSPS) is 29.5. The van der Waals surface area contributed by atoms with Gasteiger partial charge in [0.25, 0.3) is 0 Å². The van der Waals surface area contributed by atoms with E-state index in [1.807, 2.05) is 4.90 Å². The first-order valence-corrected chi connectivity index (χ1v) is 7.38. The zero-order valence-electron chi connectivity index (χ0n) is 12.0. The minimum absolute atomic E-state index is 0. The Labute approximate surface area is 123 Å². The number of carbonyl (C=O) groups excluding carboxylic acids is 1. The summed E-state index contributed by atoms with van der Waals surface area (Å²) in [4.78, 5) is 16.7. The van der Waals surface area contributed by atoms with Crippen LogP contribution in [0.2, 0.25) is 0 Å². The fraction of sp³-hybridized carbons (Fsp3) is 0.929. The number of hydrogen-bond donors (Lipinski definition) is 1. The number of amides is 1. The maximum atomic E-state index is 12.3. The molecular weight excluding hydrogens is 262 g/mol. The van der Waals surface area contributed by atoms with Crippen LogP contribution < -0.4 is 5.73 Å². The van der Waals surface area contributed by atoms with Gasteiger partial charge >= 0.3 is 0 Å². The van der Waals surface area contributed by atoms with Crippen molar-refractivity contribution in [3.63, 3.8) is 0 Å². The molecule has 2 unspecified atom stereocenters. The summed E-state index contributed by atoms with van der Waals surface area (Å²) in [6, 6.07) is 0.248. The van der Waals surface area contributed by atoms with Gasteiger partial charge in [-0.2, -0.15) is 0 Å². The molecule has 0 aromatic heterocycles. The highest BCUT2D eigenvalue weighted by molar-refractivity contribution is 5.85. The molecule has 1 saturated heterocycles. The van der Waals surface area contributed by atoms with E-state index in [1.54, 1.807) is 0 Å². The average molecular weight is 290 g/mol. The van der Waals surface area contributed by atoms with Crippen molar-refractivity contribution in [1.82, 2.24) is 9.80 Å². The summed E-state index contributed by atoms with van der Waals surface area (Å²) in [6.45, 7) is 3.91. The second-order valence-corrected chi connectivity index (χ2v) is 5.95. The lowest BCUT2D eigenvalue weighted by Crippen LogP contribution is -2.40. The molecule has 1 heterocycles. The molecule has 4 nitrogen and oxygen atoms in total. The van der Waals surface area contributed by atoms with Gasteiger partial charge in [-0.1, -0.05) is 12.8 Å². The Morgan fingerprint density at radius 2 is 1.84 bits per heavy atom. The van der Waals surface area contributed by atoms with Gasteiger partial charge in [-0.05, 0) is 38.8 Å². The van der Waals surface area contributed by atoms with Crippen LogP contribution in [0.25, 0.3) is 0 Å². The van der Waals surface area contributed by atoms with Crippen LogP contribution in [0, 0.1) is 5.92 Å². The quantitative estimate of drug-likeness (QED) is 0.838. The van der Waals surface area contributed by atoms with Crippen molar-refractivity contribution < 1.29 is 4.79 Å². The van der Waals surface area contributed by atoms with E-state index < -0.39 is 0 Å². The van der Waals surface area contributed by atoms with E-state index in [-0.39, 0.29) is 18.4 Å². The summed E-state index contributed by atoms with van der Waals surface area (Å²) in [7, 11) is 2.13. The van der Waals surface area contributed by atoms with Crippen LogP contribution in [0.4, 0.5) is 0 Å². The molecule has 0 spiro atoms. The zero-order valence-corrected chi connectivity index (χ0v) is 12.8. The van der Waals surface area contributed by atoms with Gasteiger partial charge in [0.1, 0.15) is 0 Å². The molecule has 0 aromatic carbocycles. The maximum absolute atomic E-state index is 12.3. The summed E-state index contributed by atoms with van der Waals surface area (Å²) in [5.74, 6) is 0.750. The van der Waals surface area contributed by atoms with Gasteiger partial charge in [0.05, 0.1) is 0 Å². The Hall–Kier alpha value is -0.320. The molecule has 5 heteroatoms. The standard InChI is InChI=1S/C14H27N3O.ClH/c1-16-7-4-8-17(10-9-16)14(18)11-12-5-2-3-6-13(12)15;/h12-13H,2-11,15H2,1H3;1H. The molecule has 1 saturated carbocycles. The van der Waals surface area contributed by atoms with Gasteiger partial charge < -0.3 is 15.5 Å². The third-order valence-electron chi connectivity index (χ3n) is 4.48. The minimum atomic E-state index is 0. The summed E-state index contributed by atoms with van der Waals surface area (Å²) < 4.78 is 0. The van der Waals surface area contributed by atoms with E-state index in [1.165, 1.54) is 12.8 Å². The number of carbonyl (C=O) groups is 1. The molecule has 2 atom stereocenters. The molecule has 19 heavy (non-hydrogen) atoms. The fourth-order valence-corrected chi connectivity index (χ4v) is 3.14. The molecule has 1 amide bonds. The SMILES string of the molecule is CN1CCCN(C(=O)CC2CCCCC2N)CC1.Cl. The highest BCUT2D eigenvalue weighted by Gasteiger charge is 2.26. The average Bonchev–Trinajstić information content (AvgIpc) is 2.57. The van der Waals surface area contributed by atoms with E-state index >= 15 is 0 Å². The lowest BCUT2D eigenvalue weighted by molar-refractivity contribution is -0.132. The fourth-order valence-electron chi connectivity index (χ4n) is 3.14. The molecule has 0 aromatic rings. The molecule has 0 radical (unpaired) electrons. The zero-order chi connectivity index (χ0) is 13.0. The predicted molar refractivity (Wildman–Crippen MR) is 80.5 cm³/mol. The highest BCUT2D eigenvalue weighted by Crippen LogP contribution is 2.26. The maximum Gasteiger partial charge on any atom is 0.222 e. The lowest BCUT2D eigenvalue weighted by atomic mass is 9.82. The molecule has 0 bridgehead atoms. The van der Waals surface area contributed by atoms with Crippen LogP contribution in [0.5, 0.6) is 0 Å². The second-order valence-electron chi connectivity index (χ2n) is 5.95. The van der Waals surface area contributed by atoms with Crippen molar-refractivity contribution >= 4 is 18.3 Å². The number of rotatable bonds is 2. The largest absolute Gasteiger partial charge is 0.341 e. The molecule has 112 valence electrons. The first-order chi connectivity index (χ1) is 8.66. The van der Waals surface area contributed by atoms with Crippen LogP contribution in [0.15, 0.2) is 0 Å². The van der Waals surface area contributed by atoms with Crippen LogP contribution in [0.1, 0.15) is 38.5 Å². The van der Waals surface area contributed by atoms with E-state index in [0.717, 1.165) is 45.4 Å². The van der Waals surface area contributed by atoms with Gasteiger partial charge in [-0.15, -0.1) is 12.4 Å². The number of nitrogens with zero attached hydrogens (tertiary/aromatic N) is 2. The number of nitrogens with two attached hydrogens (primary N) is 1. The first-order valence-electron chi connectivity index (χ1n) is 7.38. The van der Waals surface area contributed by atoms with E-state index in [9.17, 15) is 4.79 Å². The summed E-state index contributed by atoms with van der Waals surface area (Å²) in [6.07, 6.45) is 6.49. The van der Waals surface area contributed by atoms with Crippen LogP contribution in [0.3, 0.4) is 0 Å². The second kappa shape index (κ2) is 8.08. The summed E-state index contributed by atoms with van der Waals surface area (Å²) in [5.41, 5.74) is 6.13. The highest BCUT2D eigenvalue weighted by atomic mass is 35.5. The van der Waals surface area contributed by atoms with Crippen LogP contribution in [-0.4, -0.2) is 55.0 Å². The van der Waals surface area contributed by atoms with E-state index in [4.69, 9.17) is 5.73 Å². The number of likely N-dealkylation sites (N-methyl/N-ethyl adjacent to an activating group) is 1. The van der Waals surface area contributed by atoms with Crippen molar-refractivity contribution in [3.05, 3.63) is 0 Å². The number of hydrogen-bond acceptors (Lipinski definition) is 3. The van der Waals surface area contributed by atoms with Gasteiger partial charge in [0.2, 0.25) is 5.91 Å². The Balaban J connectivity index is 0.00000180. The Morgan fingerprint density at radius 3 is 2.58 bits per heavy atom. The number of halogens is 1. The Morgan fingerprint density at radius 1 is 1.11 bits per heavy atom. The molecule has 2 rings (SSSR count). The van der Waals surface area contributed by atoms with Gasteiger partial charge in [-0.25, -0.2) is 0 Å². The van der Waals surface area contributed by atoms with Crippen molar-refractivity contribution in [2.45, 2.75) is 44.6 Å².